The third-order valence-corrected chi connectivity index (χ3v) is 4.62. The molecule has 5 nitrogen and oxygen atoms in total. The number of rotatable bonds is 6. The number of carbonyl (C=O) groups excluding carboxylic acids is 1. The number of oxazole rings is 1. The van der Waals surface area contributed by atoms with Crippen LogP contribution in [0.2, 0.25) is 5.02 Å². The number of amides is 1. The fourth-order valence-corrected chi connectivity index (χ4v) is 3.20. The molecule has 0 spiro atoms. The number of halogens is 1. The quantitative estimate of drug-likeness (QED) is 0.527. The van der Waals surface area contributed by atoms with Gasteiger partial charge in [0.05, 0.1) is 0 Å². The molecule has 6 heteroatoms. The average Bonchev–Trinajstić information content (AvgIpc) is 3.10. The third kappa shape index (κ3) is 4.38. The maximum atomic E-state index is 12.4. The van der Waals surface area contributed by atoms with Gasteiger partial charge in [-0.15, -0.1) is 0 Å². The number of fused-ring (bicyclic) bond motifs is 1. The number of nitrogens with zero attached hydrogens (tertiary/aromatic N) is 2. The predicted molar refractivity (Wildman–Crippen MR) is 109 cm³/mol. The van der Waals surface area contributed by atoms with Crippen LogP contribution in [0.15, 0.2) is 71.4 Å². The minimum Gasteiger partial charge on any atom is -0.440 e. The Morgan fingerprint density at radius 3 is 2.71 bits per heavy atom. The Kier molecular flexibility index (Phi) is 5.35. The Morgan fingerprint density at radius 1 is 1.04 bits per heavy atom. The van der Waals surface area contributed by atoms with E-state index in [9.17, 15) is 4.79 Å². The molecule has 0 fully saturated rings. The summed E-state index contributed by atoms with van der Waals surface area (Å²) in [5.41, 5.74) is 4.02. The van der Waals surface area contributed by atoms with E-state index in [-0.39, 0.29) is 5.91 Å². The van der Waals surface area contributed by atoms with Gasteiger partial charge in [0.1, 0.15) is 5.52 Å². The molecular weight excluding hydrogens is 374 g/mol. The van der Waals surface area contributed by atoms with E-state index in [0.29, 0.717) is 35.0 Å². The first kappa shape index (κ1) is 18.2. The van der Waals surface area contributed by atoms with Gasteiger partial charge >= 0.3 is 0 Å². The molecule has 0 saturated heterocycles. The molecule has 0 aliphatic rings. The molecule has 140 valence electrons. The highest BCUT2D eigenvalue weighted by atomic mass is 35.5. The standard InChI is InChI=1S/C22H18ClN3O2/c23-18-3-1-2-16(12-18)13-21-26-19-5-4-17(14-20(19)28-21)22(27)25-11-8-15-6-9-24-10-7-15/h1-7,9-10,12,14H,8,11,13H2,(H,25,27). The number of benzene rings is 2. The van der Waals surface area contributed by atoms with Crippen LogP contribution in [0.1, 0.15) is 27.4 Å². The van der Waals surface area contributed by atoms with Crippen molar-refractivity contribution >= 4 is 28.6 Å². The van der Waals surface area contributed by atoms with Crippen LogP contribution in [0.5, 0.6) is 0 Å². The van der Waals surface area contributed by atoms with Gasteiger partial charge in [-0.3, -0.25) is 9.78 Å². The molecule has 0 aliphatic heterocycles. The van der Waals surface area contributed by atoms with Crippen molar-refractivity contribution in [2.75, 3.05) is 6.54 Å². The number of aromatic nitrogens is 2. The highest BCUT2D eigenvalue weighted by Crippen LogP contribution is 2.20. The molecule has 2 heterocycles. The summed E-state index contributed by atoms with van der Waals surface area (Å²) in [7, 11) is 0. The molecule has 4 aromatic rings. The van der Waals surface area contributed by atoms with Crippen LogP contribution in [-0.2, 0) is 12.8 Å². The summed E-state index contributed by atoms with van der Waals surface area (Å²) in [5, 5.41) is 3.61. The first-order valence-electron chi connectivity index (χ1n) is 8.98. The van der Waals surface area contributed by atoms with E-state index in [4.69, 9.17) is 16.0 Å². The zero-order chi connectivity index (χ0) is 19.3. The van der Waals surface area contributed by atoms with Crippen molar-refractivity contribution in [3.05, 3.63) is 94.6 Å². The summed E-state index contributed by atoms with van der Waals surface area (Å²) in [5.74, 6) is 0.455. The van der Waals surface area contributed by atoms with Crippen LogP contribution in [-0.4, -0.2) is 22.4 Å². The van der Waals surface area contributed by atoms with Gasteiger partial charge in [-0.1, -0.05) is 23.7 Å². The minimum atomic E-state index is -0.135. The molecule has 0 unspecified atom stereocenters. The molecule has 2 aromatic heterocycles. The summed E-state index contributed by atoms with van der Waals surface area (Å²) >= 11 is 6.03. The van der Waals surface area contributed by atoms with Crippen molar-refractivity contribution in [1.82, 2.24) is 15.3 Å². The first-order chi connectivity index (χ1) is 13.7. The summed E-state index contributed by atoms with van der Waals surface area (Å²) in [6.07, 6.45) is 4.79. The number of hydrogen-bond donors (Lipinski definition) is 1. The predicted octanol–water partition coefficient (Wildman–Crippen LogP) is 4.44. The SMILES string of the molecule is O=C(NCCc1ccncc1)c1ccc2nc(Cc3cccc(Cl)c3)oc2c1. The maximum Gasteiger partial charge on any atom is 0.251 e. The second-order valence-corrected chi connectivity index (χ2v) is 6.89. The van der Waals surface area contributed by atoms with Gasteiger partial charge in [-0.05, 0) is 60.0 Å². The van der Waals surface area contributed by atoms with Crippen molar-refractivity contribution in [2.45, 2.75) is 12.8 Å². The van der Waals surface area contributed by atoms with E-state index in [1.54, 1.807) is 30.6 Å². The maximum absolute atomic E-state index is 12.4. The van der Waals surface area contributed by atoms with Crippen LogP contribution in [0.4, 0.5) is 0 Å². The fourth-order valence-electron chi connectivity index (χ4n) is 2.98. The molecular formula is C22H18ClN3O2. The first-order valence-corrected chi connectivity index (χ1v) is 9.36. The van der Waals surface area contributed by atoms with E-state index in [0.717, 1.165) is 23.1 Å². The van der Waals surface area contributed by atoms with Crippen molar-refractivity contribution in [2.24, 2.45) is 0 Å². The van der Waals surface area contributed by atoms with Gasteiger partial charge in [0.25, 0.3) is 5.91 Å². The highest BCUT2D eigenvalue weighted by Gasteiger charge is 2.11. The molecule has 0 atom stereocenters. The van der Waals surface area contributed by atoms with E-state index >= 15 is 0 Å². The van der Waals surface area contributed by atoms with Gasteiger partial charge in [0, 0.05) is 35.9 Å². The second-order valence-electron chi connectivity index (χ2n) is 6.46. The lowest BCUT2D eigenvalue weighted by Crippen LogP contribution is -2.25. The van der Waals surface area contributed by atoms with Crippen LogP contribution in [0.3, 0.4) is 0 Å². The summed E-state index contributed by atoms with van der Waals surface area (Å²) < 4.78 is 5.84. The van der Waals surface area contributed by atoms with Crippen molar-refractivity contribution in [3.63, 3.8) is 0 Å². The summed E-state index contributed by atoms with van der Waals surface area (Å²) in [6, 6.07) is 16.8. The molecule has 2 aromatic carbocycles. The van der Waals surface area contributed by atoms with Gasteiger partial charge in [-0.25, -0.2) is 4.98 Å². The topological polar surface area (TPSA) is 68.0 Å². The molecule has 0 radical (unpaired) electrons. The number of carbonyl (C=O) groups is 1. The third-order valence-electron chi connectivity index (χ3n) is 4.39. The number of nitrogens with one attached hydrogen (secondary N) is 1. The smallest absolute Gasteiger partial charge is 0.251 e. The van der Waals surface area contributed by atoms with Gasteiger partial charge < -0.3 is 9.73 Å². The normalized spacial score (nSPS) is 10.9. The molecule has 1 amide bonds. The van der Waals surface area contributed by atoms with Crippen molar-refractivity contribution in [1.29, 1.82) is 0 Å². The molecule has 4 rings (SSSR count). The highest BCUT2D eigenvalue weighted by molar-refractivity contribution is 6.30. The Bertz CT molecular complexity index is 1110. The molecule has 1 N–H and O–H groups in total. The van der Waals surface area contributed by atoms with Crippen LogP contribution >= 0.6 is 11.6 Å². The van der Waals surface area contributed by atoms with E-state index in [1.807, 2.05) is 36.4 Å². The molecule has 28 heavy (non-hydrogen) atoms. The molecule has 0 saturated carbocycles. The van der Waals surface area contributed by atoms with Crippen LogP contribution in [0.25, 0.3) is 11.1 Å². The van der Waals surface area contributed by atoms with Gasteiger partial charge in [0.2, 0.25) is 0 Å². The number of hydrogen-bond acceptors (Lipinski definition) is 4. The lowest BCUT2D eigenvalue weighted by molar-refractivity contribution is 0.0954. The van der Waals surface area contributed by atoms with E-state index < -0.39 is 0 Å². The number of pyridine rings is 1. The summed E-state index contributed by atoms with van der Waals surface area (Å²) in [4.78, 5) is 20.9. The second kappa shape index (κ2) is 8.23. The molecule has 0 bridgehead atoms. The Morgan fingerprint density at radius 2 is 1.89 bits per heavy atom. The van der Waals surface area contributed by atoms with Crippen LogP contribution in [0, 0.1) is 0 Å². The van der Waals surface area contributed by atoms with Crippen LogP contribution < -0.4 is 5.32 Å². The largest absolute Gasteiger partial charge is 0.440 e. The van der Waals surface area contributed by atoms with Gasteiger partial charge in [0.15, 0.2) is 11.5 Å². The lowest BCUT2D eigenvalue weighted by Gasteiger charge is -2.05. The zero-order valence-electron chi connectivity index (χ0n) is 15.1. The Hall–Kier alpha value is -3.18. The lowest BCUT2D eigenvalue weighted by atomic mass is 10.1. The van der Waals surface area contributed by atoms with Gasteiger partial charge in [-0.2, -0.15) is 0 Å². The molecule has 0 aliphatic carbocycles. The fraction of sp³-hybridized carbons (Fsp3) is 0.136. The summed E-state index contributed by atoms with van der Waals surface area (Å²) in [6.45, 7) is 0.553. The van der Waals surface area contributed by atoms with Crippen molar-refractivity contribution < 1.29 is 9.21 Å². The minimum absolute atomic E-state index is 0.135. The van der Waals surface area contributed by atoms with E-state index in [2.05, 4.69) is 15.3 Å². The van der Waals surface area contributed by atoms with E-state index in [1.165, 1.54) is 0 Å². The van der Waals surface area contributed by atoms with Crippen molar-refractivity contribution in [3.8, 4) is 0 Å². The monoisotopic (exact) mass is 391 g/mol. The zero-order valence-corrected chi connectivity index (χ0v) is 15.8. The Balaban J connectivity index is 1.43. The average molecular weight is 392 g/mol. The Labute approximate surface area is 167 Å².